The first-order valence-corrected chi connectivity index (χ1v) is 9.46. The van der Waals surface area contributed by atoms with Gasteiger partial charge in [0.15, 0.2) is 17.3 Å². The molecule has 2 aliphatic heterocycles. The van der Waals surface area contributed by atoms with Gasteiger partial charge in [-0.2, -0.15) is 0 Å². The number of carbonyl (C=O) groups is 2. The molecule has 2 aliphatic rings. The van der Waals surface area contributed by atoms with Crippen molar-refractivity contribution in [1.29, 1.82) is 0 Å². The van der Waals surface area contributed by atoms with Crippen LogP contribution in [0.5, 0.6) is 23.0 Å². The molecule has 8 heteroatoms. The molecule has 2 aromatic carbocycles. The zero-order valence-electron chi connectivity index (χ0n) is 16.0. The van der Waals surface area contributed by atoms with Crippen molar-refractivity contribution in [3.8, 4) is 23.0 Å². The number of pyridine rings is 1. The van der Waals surface area contributed by atoms with Gasteiger partial charge < -0.3 is 24.3 Å². The van der Waals surface area contributed by atoms with E-state index in [2.05, 4.69) is 4.98 Å². The van der Waals surface area contributed by atoms with Gasteiger partial charge in [0.05, 0.1) is 17.5 Å². The average molecular weight is 407 g/mol. The van der Waals surface area contributed by atoms with Crippen LogP contribution in [0.2, 0.25) is 0 Å². The number of fused-ring (bicyclic) bond motifs is 3. The smallest absolute Gasteiger partial charge is 0.312 e. The summed E-state index contributed by atoms with van der Waals surface area (Å²) in [5.41, 5.74) is 0.803. The van der Waals surface area contributed by atoms with E-state index in [-0.39, 0.29) is 40.4 Å². The second-order valence-corrected chi connectivity index (χ2v) is 7.30. The zero-order valence-corrected chi connectivity index (χ0v) is 16.0. The van der Waals surface area contributed by atoms with Crippen LogP contribution in [0.3, 0.4) is 0 Å². The van der Waals surface area contributed by atoms with Crippen LogP contribution in [0.4, 0.5) is 0 Å². The molecule has 1 aromatic heterocycles. The van der Waals surface area contributed by atoms with Crippen LogP contribution in [-0.2, 0) is 4.79 Å². The number of aromatic hydroxyl groups is 1. The highest BCUT2D eigenvalue weighted by atomic mass is 16.6. The van der Waals surface area contributed by atoms with E-state index in [1.807, 2.05) is 0 Å². The number of nitrogens with one attached hydrogen (secondary N) is 1. The largest absolute Gasteiger partial charge is 0.507 e. The molecule has 3 aromatic rings. The quantitative estimate of drug-likeness (QED) is 0.381. The van der Waals surface area contributed by atoms with Crippen molar-refractivity contribution in [2.45, 2.75) is 19.3 Å². The third-order valence-electron chi connectivity index (χ3n) is 5.41. The number of carbonyl (C=O) groups excluding carboxylic acids is 2. The molecule has 0 radical (unpaired) electrons. The first-order valence-electron chi connectivity index (χ1n) is 9.46. The van der Waals surface area contributed by atoms with E-state index in [4.69, 9.17) is 14.2 Å². The van der Waals surface area contributed by atoms with Crippen LogP contribution < -0.4 is 19.8 Å². The lowest BCUT2D eigenvalue weighted by Crippen LogP contribution is -2.26. The summed E-state index contributed by atoms with van der Waals surface area (Å²) in [4.78, 5) is 39.8. The molecule has 3 heterocycles. The van der Waals surface area contributed by atoms with Gasteiger partial charge in [-0.15, -0.1) is 0 Å². The fourth-order valence-electron chi connectivity index (χ4n) is 4.02. The minimum atomic E-state index is -0.762. The summed E-state index contributed by atoms with van der Waals surface area (Å²) in [5.74, 6) is -0.641. The Morgan fingerprint density at radius 3 is 2.53 bits per heavy atom. The number of hydrogen-bond donors (Lipinski definition) is 2. The van der Waals surface area contributed by atoms with Gasteiger partial charge in [0.1, 0.15) is 24.7 Å². The predicted octanol–water partition coefficient (Wildman–Crippen LogP) is 2.65. The van der Waals surface area contributed by atoms with Crippen LogP contribution in [0.1, 0.15) is 40.7 Å². The monoisotopic (exact) mass is 407 g/mol. The SMILES string of the molecule is CC(=O)c1ccc2c(c1O)C(c1cc3cc4c(cc3[nH]c1=O)OCCO4)CC(=O)O2. The Hall–Kier alpha value is -3.81. The fourth-order valence-corrected chi connectivity index (χ4v) is 4.02. The minimum absolute atomic E-state index is 0.105. The van der Waals surface area contributed by atoms with Crippen molar-refractivity contribution in [2.24, 2.45) is 0 Å². The Labute approximate surface area is 170 Å². The molecular formula is C22H17NO7. The number of phenols is 1. The summed E-state index contributed by atoms with van der Waals surface area (Å²) in [5, 5.41) is 11.4. The number of H-pyrrole nitrogens is 1. The summed E-state index contributed by atoms with van der Waals surface area (Å²) >= 11 is 0. The Morgan fingerprint density at radius 2 is 1.80 bits per heavy atom. The molecule has 1 unspecified atom stereocenters. The van der Waals surface area contributed by atoms with Crippen LogP contribution in [0.25, 0.3) is 10.9 Å². The van der Waals surface area contributed by atoms with Gasteiger partial charge in [0.25, 0.3) is 5.56 Å². The van der Waals surface area contributed by atoms with E-state index in [0.717, 1.165) is 0 Å². The summed E-state index contributed by atoms with van der Waals surface area (Å²) in [6, 6.07) is 7.99. The van der Waals surface area contributed by atoms with Crippen LogP contribution >= 0.6 is 0 Å². The number of aromatic amines is 1. The molecule has 1 atom stereocenters. The number of ether oxygens (including phenoxy) is 3. The molecular weight excluding hydrogens is 390 g/mol. The number of benzene rings is 2. The standard InChI is InChI=1S/C22H17NO7/c1-10(24)12-2-3-16-20(21(12)26)13(8-19(25)30-16)14-6-11-7-17-18(29-5-4-28-17)9-15(11)23-22(14)27/h2-3,6-7,9,13,26H,4-5,8H2,1H3,(H,23,27). The van der Waals surface area contributed by atoms with Crippen molar-refractivity contribution >= 4 is 22.7 Å². The molecule has 0 fully saturated rings. The highest BCUT2D eigenvalue weighted by molar-refractivity contribution is 5.98. The Balaban J connectivity index is 1.71. The topological polar surface area (TPSA) is 115 Å². The lowest BCUT2D eigenvalue weighted by Gasteiger charge is -2.26. The van der Waals surface area contributed by atoms with Crippen molar-refractivity contribution in [3.05, 3.63) is 57.4 Å². The molecule has 0 aliphatic carbocycles. The highest BCUT2D eigenvalue weighted by Gasteiger charge is 2.34. The molecule has 152 valence electrons. The van der Waals surface area contributed by atoms with Crippen LogP contribution in [-0.4, -0.2) is 35.1 Å². The lowest BCUT2D eigenvalue weighted by molar-refractivity contribution is -0.135. The molecule has 0 amide bonds. The molecule has 0 saturated heterocycles. The van der Waals surface area contributed by atoms with E-state index in [1.165, 1.54) is 19.1 Å². The van der Waals surface area contributed by atoms with Gasteiger partial charge >= 0.3 is 5.97 Å². The predicted molar refractivity (Wildman–Crippen MR) is 106 cm³/mol. The first-order chi connectivity index (χ1) is 14.4. The molecule has 0 saturated carbocycles. The maximum absolute atomic E-state index is 12.9. The number of phenolic OH excluding ortho intramolecular Hbond substituents is 1. The van der Waals surface area contributed by atoms with Gasteiger partial charge in [0, 0.05) is 28.5 Å². The fraction of sp³-hybridized carbons (Fsp3) is 0.227. The van der Waals surface area contributed by atoms with Crippen LogP contribution in [0.15, 0.2) is 35.1 Å². The Morgan fingerprint density at radius 1 is 1.07 bits per heavy atom. The van der Waals surface area contributed by atoms with Gasteiger partial charge in [0.2, 0.25) is 0 Å². The molecule has 2 N–H and O–H groups in total. The van der Waals surface area contributed by atoms with Gasteiger partial charge in [-0.3, -0.25) is 14.4 Å². The first kappa shape index (κ1) is 18.2. The minimum Gasteiger partial charge on any atom is -0.507 e. The molecule has 5 rings (SSSR count). The normalized spacial score (nSPS) is 17.4. The molecule has 0 bridgehead atoms. The van der Waals surface area contributed by atoms with Gasteiger partial charge in [-0.05, 0) is 31.2 Å². The highest BCUT2D eigenvalue weighted by Crippen LogP contribution is 2.45. The number of esters is 1. The number of aromatic nitrogens is 1. The summed E-state index contributed by atoms with van der Waals surface area (Å²) in [6.07, 6.45) is -0.138. The zero-order chi connectivity index (χ0) is 21.0. The number of ketones is 1. The second kappa shape index (κ2) is 6.62. The van der Waals surface area contributed by atoms with E-state index in [1.54, 1.807) is 18.2 Å². The van der Waals surface area contributed by atoms with E-state index >= 15 is 0 Å². The van der Waals surface area contributed by atoms with E-state index < -0.39 is 17.4 Å². The van der Waals surface area contributed by atoms with Crippen molar-refractivity contribution in [3.63, 3.8) is 0 Å². The maximum Gasteiger partial charge on any atom is 0.312 e. The van der Waals surface area contributed by atoms with E-state index in [0.29, 0.717) is 35.6 Å². The van der Waals surface area contributed by atoms with Crippen LogP contribution in [0, 0.1) is 0 Å². The van der Waals surface area contributed by atoms with E-state index in [9.17, 15) is 19.5 Å². The van der Waals surface area contributed by atoms with Crippen molar-refractivity contribution < 1.29 is 28.9 Å². The lowest BCUT2D eigenvalue weighted by atomic mass is 9.84. The van der Waals surface area contributed by atoms with Gasteiger partial charge in [-0.25, -0.2) is 0 Å². The Bertz CT molecular complexity index is 1290. The van der Waals surface area contributed by atoms with Crippen molar-refractivity contribution in [1.82, 2.24) is 4.98 Å². The number of hydrogen-bond acceptors (Lipinski definition) is 7. The summed E-state index contributed by atoms with van der Waals surface area (Å²) < 4.78 is 16.4. The average Bonchev–Trinajstić information content (AvgIpc) is 2.71. The summed E-state index contributed by atoms with van der Waals surface area (Å²) in [7, 11) is 0. The molecule has 0 spiro atoms. The molecule has 30 heavy (non-hydrogen) atoms. The second-order valence-electron chi connectivity index (χ2n) is 7.30. The third-order valence-corrected chi connectivity index (χ3v) is 5.41. The number of Topliss-reactive ketones (excluding diaryl/α,β-unsaturated/α-hetero) is 1. The summed E-state index contributed by atoms with van der Waals surface area (Å²) in [6.45, 7) is 2.19. The third kappa shape index (κ3) is 2.80. The van der Waals surface area contributed by atoms with Gasteiger partial charge in [-0.1, -0.05) is 0 Å². The molecule has 8 nitrogen and oxygen atoms in total. The maximum atomic E-state index is 12.9. The van der Waals surface area contributed by atoms with Crippen molar-refractivity contribution in [2.75, 3.05) is 13.2 Å². The Kier molecular flexibility index (Phi) is 4.02. The number of rotatable bonds is 2.